The Hall–Kier alpha value is -1.60. The molecular formula is C16H27N3O3S. The van der Waals surface area contributed by atoms with E-state index in [9.17, 15) is 13.2 Å². The van der Waals surface area contributed by atoms with Crippen molar-refractivity contribution in [1.82, 2.24) is 15.1 Å². The van der Waals surface area contributed by atoms with Gasteiger partial charge in [0.05, 0.1) is 10.6 Å². The molecule has 0 aliphatic heterocycles. The number of carbonyl (C=O) groups excluding carboxylic acids is 1. The molecule has 23 heavy (non-hydrogen) atoms. The van der Waals surface area contributed by atoms with Gasteiger partial charge in [0.15, 0.2) is 9.84 Å². The van der Waals surface area contributed by atoms with E-state index in [2.05, 4.69) is 24.1 Å². The molecule has 6 nitrogen and oxygen atoms in total. The normalized spacial score (nSPS) is 11.5. The van der Waals surface area contributed by atoms with Crippen molar-refractivity contribution in [2.45, 2.75) is 18.7 Å². The largest absolute Gasteiger partial charge is 0.337 e. The maximum absolute atomic E-state index is 12.2. The van der Waals surface area contributed by atoms with Crippen LogP contribution in [-0.4, -0.2) is 69.8 Å². The van der Waals surface area contributed by atoms with Crippen molar-refractivity contribution in [3.05, 3.63) is 30.3 Å². The van der Waals surface area contributed by atoms with E-state index < -0.39 is 9.84 Å². The first-order valence-electron chi connectivity index (χ1n) is 7.89. The summed E-state index contributed by atoms with van der Waals surface area (Å²) < 4.78 is 24.4. The number of hydrogen-bond acceptors (Lipinski definition) is 4. The zero-order chi connectivity index (χ0) is 17.3. The minimum atomic E-state index is -3.36. The van der Waals surface area contributed by atoms with E-state index in [1.54, 1.807) is 37.4 Å². The minimum absolute atomic E-state index is 0.0863. The van der Waals surface area contributed by atoms with Gasteiger partial charge in [-0.05, 0) is 25.2 Å². The second kappa shape index (κ2) is 9.52. The molecule has 2 amide bonds. The molecule has 7 heteroatoms. The van der Waals surface area contributed by atoms with E-state index in [1.165, 1.54) is 4.90 Å². The van der Waals surface area contributed by atoms with Crippen LogP contribution in [0.3, 0.4) is 0 Å². The molecule has 0 bridgehead atoms. The number of rotatable bonds is 9. The van der Waals surface area contributed by atoms with Gasteiger partial charge in [-0.3, -0.25) is 0 Å². The van der Waals surface area contributed by atoms with Crippen LogP contribution in [0.5, 0.6) is 0 Å². The number of urea groups is 1. The molecule has 0 heterocycles. The summed E-state index contributed by atoms with van der Waals surface area (Å²) in [6.45, 7) is 7.53. The molecule has 1 N–H and O–H groups in total. The molecular weight excluding hydrogens is 314 g/mol. The summed E-state index contributed by atoms with van der Waals surface area (Å²) in [5.74, 6) is -0.0863. The van der Waals surface area contributed by atoms with Crippen molar-refractivity contribution in [1.29, 1.82) is 0 Å². The zero-order valence-corrected chi connectivity index (χ0v) is 15.0. The van der Waals surface area contributed by atoms with E-state index in [0.29, 0.717) is 6.54 Å². The third-order valence-corrected chi connectivity index (χ3v) is 5.45. The van der Waals surface area contributed by atoms with Crippen LogP contribution >= 0.6 is 0 Å². The minimum Gasteiger partial charge on any atom is -0.337 e. The van der Waals surface area contributed by atoms with E-state index in [4.69, 9.17) is 0 Å². The summed E-state index contributed by atoms with van der Waals surface area (Å²) in [7, 11) is -1.76. The molecule has 0 aromatic heterocycles. The molecule has 0 aliphatic carbocycles. The number of carbonyl (C=O) groups is 1. The topological polar surface area (TPSA) is 69.7 Å². The average Bonchev–Trinajstić information content (AvgIpc) is 2.57. The Morgan fingerprint density at radius 1 is 1.09 bits per heavy atom. The first-order valence-corrected chi connectivity index (χ1v) is 9.55. The molecule has 0 spiro atoms. The van der Waals surface area contributed by atoms with Gasteiger partial charge in [-0.25, -0.2) is 13.2 Å². The van der Waals surface area contributed by atoms with Crippen LogP contribution in [0.1, 0.15) is 13.8 Å². The van der Waals surface area contributed by atoms with Crippen molar-refractivity contribution < 1.29 is 13.2 Å². The van der Waals surface area contributed by atoms with Gasteiger partial charge in [0.25, 0.3) is 0 Å². The van der Waals surface area contributed by atoms with Gasteiger partial charge in [0, 0.05) is 26.7 Å². The molecule has 0 atom stereocenters. The Labute approximate surface area is 139 Å². The summed E-state index contributed by atoms with van der Waals surface area (Å²) in [6, 6.07) is 8.04. The number of likely N-dealkylation sites (N-methyl/N-ethyl adjacent to an activating group) is 1. The lowest BCUT2D eigenvalue weighted by Crippen LogP contribution is -2.42. The van der Waals surface area contributed by atoms with E-state index >= 15 is 0 Å². The van der Waals surface area contributed by atoms with Gasteiger partial charge in [0.2, 0.25) is 0 Å². The van der Waals surface area contributed by atoms with Gasteiger partial charge < -0.3 is 15.1 Å². The van der Waals surface area contributed by atoms with Crippen molar-refractivity contribution in [2.24, 2.45) is 0 Å². The second-order valence-electron chi connectivity index (χ2n) is 5.31. The third-order valence-electron chi connectivity index (χ3n) is 3.74. The quantitative estimate of drug-likeness (QED) is 0.738. The molecule has 130 valence electrons. The maximum Gasteiger partial charge on any atom is 0.317 e. The number of nitrogens with zero attached hydrogens (tertiary/aromatic N) is 2. The van der Waals surface area contributed by atoms with Gasteiger partial charge in [-0.2, -0.15) is 0 Å². The van der Waals surface area contributed by atoms with Crippen molar-refractivity contribution in [3.63, 3.8) is 0 Å². The molecule has 0 saturated carbocycles. The van der Waals surface area contributed by atoms with Gasteiger partial charge >= 0.3 is 6.03 Å². The van der Waals surface area contributed by atoms with Crippen LogP contribution in [-0.2, 0) is 9.84 Å². The first-order chi connectivity index (χ1) is 10.9. The van der Waals surface area contributed by atoms with Crippen LogP contribution in [0.2, 0.25) is 0 Å². The third kappa shape index (κ3) is 6.58. The van der Waals surface area contributed by atoms with Crippen LogP contribution in [0.25, 0.3) is 0 Å². The molecule has 0 saturated heterocycles. The van der Waals surface area contributed by atoms with Crippen LogP contribution in [0.4, 0.5) is 4.79 Å². The lowest BCUT2D eigenvalue weighted by atomic mass is 10.4. The second-order valence-corrected chi connectivity index (χ2v) is 7.42. The van der Waals surface area contributed by atoms with Gasteiger partial charge in [-0.15, -0.1) is 0 Å². The fraction of sp³-hybridized carbons (Fsp3) is 0.562. The Bertz CT molecular complexity index is 571. The fourth-order valence-corrected chi connectivity index (χ4v) is 3.42. The Morgan fingerprint density at radius 2 is 1.70 bits per heavy atom. The van der Waals surface area contributed by atoms with Crippen molar-refractivity contribution in [3.8, 4) is 0 Å². The van der Waals surface area contributed by atoms with Crippen LogP contribution in [0.15, 0.2) is 35.2 Å². The highest BCUT2D eigenvalue weighted by Crippen LogP contribution is 2.10. The summed E-state index contributed by atoms with van der Waals surface area (Å²) in [5.41, 5.74) is 0. The lowest BCUT2D eigenvalue weighted by molar-refractivity contribution is 0.208. The summed E-state index contributed by atoms with van der Waals surface area (Å²) >= 11 is 0. The number of nitrogens with one attached hydrogen (secondary N) is 1. The first kappa shape index (κ1) is 19.4. The maximum atomic E-state index is 12.2. The highest BCUT2D eigenvalue weighted by atomic mass is 32.2. The standard InChI is InChI=1S/C16H27N3O3S/c1-4-19(5-2)12-11-17-16(20)18(3)13-14-23(21,22)15-9-7-6-8-10-15/h6-10H,4-5,11-14H2,1-3H3,(H,17,20). The van der Waals surface area contributed by atoms with E-state index in [0.717, 1.165) is 19.6 Å². The molecule has 0 radical (unpaired) electrons. The SMILES string of the molecule is CCN(CC)CCNC(=O)N(C)CCS(=O)(=O)c1ccccc1. The number of amides is 2. The number of sulfone groups is 1. The number of hydrogen-bond donors (Lipinski definition) is 1. The van der Waals surface area contributed by atoms with Crippen LogP contribution < -0.4 is 5.32 Å². The van der Waals surface area contributed by atoms with Gasteiger partial charge in [0.1, 0.15) is 0 Å². The number of benzene rings is 1. The molecule has 0 unspecified atom stereocenters. The smallest absolute Gasteiger partial charge is 0.317 e. The lowest BCUT2D eigenvalue weighted by Gasteiger charge is -2.21. The van der Waals surface area contributed by atoms with E-state index in [-0.39, 0.29) is 23.2 Å². The summed E-state index contributed by atoms with van der Waals surface area (Å²) in [6.07, 6.45) is 0. The predicted molar refractivity (Wildman–Crippen MR) is 92.3 cm³/mol. The Balaban J connectivity index is 2.41. The monoisotopic (exact) mass is 341 g/mol. The molecule has 0 aliphatic rings. The Kier molecular flexibility index (Phi) is 8.05. The molecule has 1 aromatic carbocycles. The van der Waals surface area contributed by atoms with Crippen molar-refractivity contribution in [2.75, 3.05) is 45.5 Å². The van der Waals surface area contributed by atoms with Crippen LogP contribution in [0, 0.1) is 0 Å². The Morgan fingerprint density at radius 3 is 2.26 bits per heavy atom. The highest BCUT2D eigenvalue weighted by molar-refractivity contribution is 7.91. The fourth-order valence-electron chi connectivity index (χ4n) is 2.10. The van der Waals surface area contributed by atoms with Gasteiger partial charge in [-0.1, -0.05) is 32.0 Å². The molecule has 1 rings (SSSR count). The molecule has 1 aromatic rings. The zero-order valence-electron chi connectivity index (χ0n) is 14.2. The highest BCUT2D eigenvalue weighted by Gasteiger charge is 2.17. The summed E-state index contributed by atoms with van der Waals surface area (Å²) in [5, 5.41) is 2.81. The summed E-state index contributed by atoms with van der Waals surface area (Å²) in [4.78, 5) is 15.9. The van der Waals surface area contributed by atoms with E-state index in [1.807, 2.05) is 0 Å². The van der Waals surface area contributed by atoms with Crippen molar-refractivity contribution >= 4 is 15.9 Å². The molecule has 0 fully saturated rings. The predicted octanol–water partition coefficient (Wildman–Crippen LogP) is 1.44. The average molecular weight is 341 g/mol.